The topological polar surface area (TPSA) is 34.9 Å². The standard InChI is InChI=1S/C10H12ClF3N2O/c1-3-6-9(11)7(16(4-2)15-6)5-8(17)10(12,13)14/h3-5H2,1-2H3. The Kier molecular flexibility index (Phi) is 4.19. The maximum Gasteiger partial charge on any atom is 0.450 e. The van der Waals surface area contributed by atoms with E-state index in [-0.39, 0.29) is 10.7 Å². The number of alkyl halides is 3. The van der Waals surface area contributed by atoms with E-state index in [0.29, 0.717) is 18.7 Å². The van der Waals surface area contributed by atoms with Crippen molar-refractivity contribution in [1.29, 1.82) is 0 Å². The summed E-state index contributed by atoms with van der Waals surface area (Å²) in [6.07, 6.45) is -5.08. The summed E-state index contributed by atoms with van der Waals surface area (Å²) in [5, 5.41) is 4.21. The number of hydrogen-bond donors (Lipinski definition) is 0. The zero-order chi connectivity index (χ0) is 13.2. The van der Waals surface area contributed by atoms with E-state index in [0.717, 1.165) is 0 Å². The SMILES string of the molecule is CCc1nn(CC)c(CC(=O)C(F)(F)F)c1Cl. The van der Waals surface area contributed by atoms with E-state index in [2.05, 4.69) is 5.10 Å². The van der Waals surface area contributed by atoms with E-state index >= 15 is 0 Å². The van der Waals surface area contributed by atoms with Gasteiger partial charge in [-0.05, 0) is 13.3 Å². The average molecular weight is 269 g/mol. The zero-order valence-electron chi connectivity index (χ0n) is 9.44. The second kappa shape index (κ2) is 5.08. The van der Waals surface area contributed by atoms with Crippen molar-refractivity contribution in [3.63, 3.8) is 0 Å². The first-order chi connectivity index (χ1) is 7.81. The van der Waals surface area contributed by atoms with E-state index in [4.69, 9.17) is 11.6 Å². The van der Waals surface area contributed by atoms with Crippen LogP contribution in [0.15, 0.2) is 0 Å². The predicted octanol–water partition coefficient (Wildman–Crippen LogP) is 2.79. The van der Waals surface area contributed by atoms with Crippen molar-refractivity contribution in [2.45, 2.75) is 39.4 Å². The largest absolute Gasteiger partial charge is 0.450 e. The second-order valence-corrected chi connectivity index (χ2v) is 3.85. The smallest absolute Gasteiger partial charge is 0.289 e. The number of hydrogen-bond acceptors (Lipinski definition) is 2. The van der Waals surface area contributed by atoms with Crippen LogP contribution in [-0.4, -0.2) is 21.7 Å². The average Bonchev–Trinajstić information content (AvgIpc) is 2.54. The van der Waals surface area contributed by atoms with E-state index < -0.39 is 18.4 Å². The molecule has 0 spiro atoms. The van der Waals surface area contributed by atoms with Crippen molar-refractivity contribution in [3.05, 3.63) is 16.4 Å². The van der Waals surface area contributed by atoms with Crippen LogP contribution in [-0.2, 0) is 24.2 Å². The molecule has 0 radical (unpaired) electrons. The molecule has 0 aliphatic heterocycles. The van der Waals surface area contributed by atoms with Gasteiger partial charge in [0.2, 0.25) is 5.78 Å². The summed E-state index contributed by atoms with van der Waals surface area (Å²) >= 11 is 5.90. The van der Waals surface area contributed by atoms with E-state index in [1.54, 1.807) is 13.8 Å². The maximum atomic E-state index is 12.2. The fraction of sp³-hybridized carbons (Fsp3) is 0.600. The summed E-state index contributed by atoms with van der Waals surface area (Å²) in [5.74, 6) is -1.81. The van der Waals surface area contributed by atoms with Gasteiger partial charge in [-0.25, -0.2) is 0 Å². The van der Waals surface area contributed by atoms with Gasteiger partial charge >= 0.3 is 6.18 Å². The van der Waals surface area contributed by atoms with Crippen LogP contribution in [0.3, 0.4) is 0 Å². The number of carbonyl (C=O) groups is 1. The first kappa shape index (κ1) is 14.0. The van der Waals surface area contributed by atoms with Crippen LogP contribution in [0.2, 0.25) is 5.02 Å². The molecular formula is C10H12ClF3N2O. The fourth-order valence-corrected chi connectivity index (χ4v) is 1.77. The van der Waals surface area contributed by atoms with Crippen LogP contribution < -0.4 is 0 Å². The van der Waals surface area contributed by atoms with Crippen molar-refractivity contribution in [2.75, 3.05) is 0 Å². The normalized spacial score (nSPS) is 11.9. The summed E-state index contributed by atoms with van der Waals surface area (Å²) < 4.78 is 37.8. The number of nitrogens with zero attached hydrogens (tertiary/aromatic N) is 2. The van der Waals surface area contributed by atoms with Gasteiger partial charge in [-0.15, -0.1) is 0 Å². The summed E-state index contributed by atoms with van der Waals surface area (Å²) in [4.78, 5) is 10.9. The molecule has 0 saturated heterocycles. The summed E-state index contributed by atoms with van der Waals surface area (Å²) in [6.45, 7) is 3.90. The molecule has 0 bridgehead atoms. The lowest BCUT2D eigenvalue weighted by Crippen LogP contribution is -2.25. The Bertz CT molecular complexity index is 426. The third-order valence-electron chi connectivity index (χ3n) is 2.34. The molecule has 1 rings (SSSR count). The molecule has 96 valence electrons. The van der Waals surface area contributed by atoms with E-state index in [1.807, 2.05) is 0 Å². The van der Waals surface area contributed by atoms with Gasteiger partial charge < -0.3 is 0 Å². The van der Waals surface area contributed by atoms with Crippen molar-refractivity contribution < 1.29 is 18.0 Å². The van der Waals surface area contributed by atoms with Gasteiger partial charge in [0.25, 0.3) is 0 Å². The van der Waals surface area contributed by atoms with Gasteiger partial charge in [0.15, 0.2) is 0 Å². The molecule has 1 heterocycles. The number of rotatable bonds is 4. The quantitative estimate of drug-likeness (QED) is 0.842. The highest BCUT2D eigenvalue weighted by Gasteiger charge is 2.39. The van der Waals surface area contributed by atoms with Crippen LogP contribution in [0.1, 0.15) is 25.2 Å². The minimum atomic E-state index is -4.83. The van der Waals surface area contributed by atoms with Crippen molar-refractivity contribution >= 4 is 17.4 Å². The second-order valence-electron chi connectivity index (χ2n) is 3.47. The van der Waals surface area contributed by atoms with Gasteiger partial charge in [-0.3, -0.25) is 9.48 Å². The Morgan fingerprint density at radius 2 is 2.00 bits per heavy atom. The van der Waals surface area contributed by atoms with Gasteiger partial charge in [0.1, 0.15) is 0 Å². The van der Waals surface area contributed by atoms with Crippen molar-refractivity contribution in [2.24, 2.45) is 0 Å². The molecule has 0 saturated carbocycles. The number of aryl methyl sites for hydroxylation is 2. The highest BCUT2D eigenvalue weighted by molar-refractivity contribution is 6.32. The Morgan fingerprint density at radius 3 is 2.41 bits per heavy atom. The molecule has 0 amide bonds. The zero-order valence-corrected chi connectivity index (χ0v) is 10.2. The van der Waals surface area contributed by atoms with Crippen LogP contribution >= 0.6 is 11.6 Å². The molecule has 0 fully saturated rings. The Hall–Kier alpha value is -1.04. The lowest BCUT2D eigenvalue weighted by molar-refractivity contribution is -0.170. The van der Waals surface area contributed by atoms with Gasteiger partial charge in [-0.1, -0.05) is 18.5 Å². The Morgan fingerprint density at radius 1 is 1.41 bits per heavy atom. The number of ketones is 1. The van der Waals surface area contributed by atoms with Crippen molar-refractivity contribution in [3.8, 4) is 0 Å². The van der Waals surface area contributed by atoms with Crippen molar-refractivity contribution in [1.82, 2.24) is 9.78 Å². The number of aromatic nitrogens is 2. The first-order valence-electron chi connectivity index (χ1n) is 5.15. The fourth-order valence-electron chi connectivity index (χ4n) is 1.44. The molecule has 3 nitrogen and oxygen atoms in total. The molecule has 17 heavy (non-hydrogen) atoms. The molecule has 0 aliphatic carbocycles. The third kappa shape index (κ3) is 3.00. The molecule has 0 atom stereocenters. The first-order valence-corrected chi connectivity index (χ1v) is 5.53. The minimum absolute atomic E-state index is 0.133. The lowest BCUT2D eigenvalue weighted by atomic mass is 10.2. The molecule has 0 aromatic carbocycles. The Labute approximate surface area is 102 Å². The van der Waals surface area contributed by atoms with Gasteiger partial charge in [-0.2, -0.15) is 18.3 Å². The van der Waals surface area contributed by atoms with Crippen LogP contribution in [0, 0.1) is 0 Å². The number of halogens is 4. The maximum absolute atomic E-state index is 12.2. The predicted molar refractivity (Wildman–Crippen MR) is 57.1 cm³/mol. The summed E-state index contributed by atoms with van der Waals surface area (Å²) in [7, 11) is 0. The lowest BCUT2D eigenvalue weighted by Gasteiger charge is -2.07. The molecule has 7 heteroatoms. The molecular weight excluding hydrogens is 257 g/mol. The summed E-state index contributed by atoms with van der Waals surface area (Å²) in [5.41, 5.74) is 0.645. The number of carbonyl (C=O) groups excluding carboxylic acids is 1. The van der Waals surface area contributed by atoms with Gasteiger partial charge in [0.05, 0.1) is 22.8 Å². The highest BCUT2D eigenvalue weighted by atomic mass is 35.5. The molecule has 0 N–H and O–H groups in total. The summed E-state index contributed by atoms with van der Waals surface area (Å²) in [6, 6.07) is 0. The Balaban J connectivity index is 3.05. The molecule has 1 aromatic rings. The molecule has 0 unspecified atom stereocenters. The number of Topliss-reactive ketones (excluding diaryl/α,β-unsaturated/α-hetero) is 1. The van der Waals surface area contributed by atoms with Crippen LogP contribution in [0.25, 0.3) is 0 Å². The van der Waals surface area contributed by atoms with E-state index in [1.165, 1.54) is 4.68 Å². The van der Waals surface area contributed by atoms with Crippen LogP contribution in [0.5, 0.6) is 0 Å². The molecule has 0 aliphatic rings. The highest BCUT2D eigenvalue weighted by Crippen LogP contribution is 2.25. The van der Waals surface area contributed by atoms with E-state index in [9.17, 15) is 18.0 Å². The third-order valence-corrected chi connectivity index (χ3v) is 2.77. The minimum Gasteiger partial charge on any atom is -0.289 e. The monoisotopic (exact) mass is 268 g/mol. The van der Waals surface area contributed by atoms with Gasteiger partial charge in [0, 0.05) is 6.54 Å². The molecule has 1 aromatic heterocycles. The van der Waals surface area contributed by atoms with Crippen LogP contribution in [0.4, 0.5) is 13.2 Å².